The van der Waals surface area contributed by atoms with E-state index in [0.717, 1.165) is 35.4 Å². The van der Waals surface area contributed by atoms with Crippen molar-refractivity contribution in [2.24, 2.45) is 5.92 Å². The lowest BCUT2D eigenvalue weighted by Gasteiger charge is -2.41. The molecule has 0 bridgehead atoms. The topological polar surface area (TPSA) is 59.0 Å². The first-order valence-electron chi connectivity index (χ1n) is 11.5. The smallest absolute Gasteiger partial charge is 0.333 e. The van der Waals surface area contributed by atoms with Gasteiger partial charge in [0.1, 0.15) is 0 Å². The summed E-state index contributed by atoms with van der Waals surface area (Å²) in [6.45, 7) is 9.44. The average Bonchev–Trinajstić information content (AvgIpc) is 2.77. The quantitative estimate of drug-likeness (QED) is 0.638. The van der Waals surface area contributed by atoms with Gasteiger partial charge in [-0.25, -0.2) is 4.79 Å². The van der Waals surface area contributed by atoms with Crippen molar-refractivity contribution in [3.63, 3.8) is 0 Å². The van der Waals surface area contributed by atoms with Crippen LogP contribution in [0.4, 0.5) is 0 Å². The van der Waals surface area contributed by atoms with Gasteiger partial charge in [0.05, 0.1) is 18.8 Å². The molecule has 1 saturated heterocycles. The van der Waals surface area contributed by atoms with E-state index in [1.807, 2.05) is 57.2 Å². The van der Waals surface area contributed by atoms with E-state index in [4.69, 9.17) is 21.1 Å². The Balaban J connectivity index is 1.85. The van der Waals surface area contributed by atoms with Gasteiger partial charge in [-0.05, 0) is 55.2 Å². The third-order valence-corrected chi connectivity index (χ3v) is 6.50. The summed E-state index contributed by atoms with van der Waals surface area (Å²) in [5, 5.41) is 11.0. The molecule has 3 atom stereocenters. The standard InChI is InChI=1S/C27H32ClNO4/c1-27(2,3)33-25(26(30)31)24-20(17-29-12-14-32-15-13-29)16-19-6-4-5-7-22(19)23(24)18-8-10-21(28)11-9-18/h4-11,16,23-25H,12-15,17H2,1-3H3,(H,30,31)/t23?,24?,25-/m0/s1. The minimum Gasteiger partial charge on any atom is -0.479 e. The summed E-state index contributed by atoms with van der Waals surface area (Å²) in [7, 11) is 0. The Kier molecular flexibility index (Phi) is 7.25. The molecule has 0 amide bonds. The Labute approximate surface area is 201 Å². The van der Waals surface area contributed by atoms with Crippen LogP contribution in [0, 0.1) is 5.92 Å². The lowest BCUT2D eigenvalue weighted by molar-refractivity contribution is -0.165. The predicted octanol–water partition coefficient (Wildman–Crippen LogP) is 5.09. The van der Waals surface area contributed by atoms with Gasteiger partial charge in [-0.15, -0.1) is 0 Å². The van der Waals surface area contributed by atoms with Crippen molar-refractivity contribution in [3.05, 3.63) is 75.8 Å². The molecule has 0 saturated carbocycles. The highest BCUT2D eigenvalue weighted by Crippen LogP contribution is 2.46. The number of hydrogen-bond acceptors (Lipinski definition) is 4. The van der Waals surface area contributed by atoms with E-state index < -0.39 is 17.7 Å². The van der Waals surface area contributed by atoms with Crippen LogP contribution >= 0.6 is 11.6 Å². The van der Waals surface area contributed by atoms with Crippen LogP contribution in [-0.2, 0) is 14.3 Å². The van der Waals surface area contributed by atoms with Crippen molar-refractivity contribution in [2.75, 3.05) is 32.8 Å². The molecule has 1 N–H and O–H groups in total. The Hall–Kier alpha value is -2.18. The largest absolute Gasteiger partial charge is 0.479 e. The molecule has 1 heterocycles. The number of rotatable bonds is 6. The first-order chi connectivity index (χ1) is 15.7. The van der Waals surface area contributed by atoms with Gasteiger partial charge in [0.15, 0.2) is 6.10 Å². The molecule has 0 radical (unpaired) electrons. The highest BCUT2D eigenvalue weighted by atomic mass is 35.5. The van der Waals surface area contributed by atoms with Gasteiger partial charge < -0.3 is 14.6 Å². The van der Waals surface area contributed by atoms with Crippen LogP contribution < -0.4 is 0 Å². The van der Waals surface area contributed by atoms with Gasteiger partial charge in [0.25, 0.3) is 0 Å². The summed E-state index contributed by atoms with van der Waals surface area (Å²) in [6.07, 6.45) is 1.18. The van der Waals surface area contributed by atoms with E-state index in [2.05, 4.69) is 23.1 Å². The highest BCUT2D eigenvalue weighted by Gasteiger charge is 2.43. The fourth-order valence-electron chi connectivity index (χ4n) is 4.88. The lowest BCUT2D eigenvalue weighted by atomic mass is 9.69. The van der Waals surface area contributed by atoms with Crippen LogP contribution in [0.5, 0.6) is 0 Å². The molecule has 1 aliphatic carbocycles. The monoisotopic (exact) mass is 469 g/mol. The molecule has 1 aliphatic heterocycles. The van der Waals surface area contributed by atoms with Gasteiger partial charge in [0, 0.05) is 36.5 Å². The van der Waals surface area contributed by atoms with E-state index in [9.17, 15) is 9.90 Å². The average molecular weight is 470 g/mol. The molecular formula is C27H32ClNO4. The number of aliphatic carboxylic acids is 1. The number of carboxylic acids is 1. The maximum atomic E-state index is 12.7. The Bertz CT molecular complexity index is 1010. The number of carbonyl (C=O) groups is 1. The van der Waals surface area contributed by atoms with Crippen molar-refractivity contribution in [1.82, 2.24) is 4.90 Å². The zero-order valence-electron chi connectivity index (χ0n) is 19.5. The number of benzene rings is 2. The summed E-state index contributed by atoms with van der Waals surface area (Å²) in [6, 6.07) is 16.0. The zero-order valence-corrected chi connectivity index (χ0v) is 20.2. The number of fused-ring (bicyclic) bond motifs is 1. The molecule has 4 rings (SSSR count). The SMILES string of the molecule is CC(C)(C)O[C@H](C(=O)O)C1C(CN2CCOCC2)=Cc2ccccc2C1c1ccc(Cl)cc1. The normalized spacial score (nSPS) is 22.4. The molecule has 0 aromatic heterocycles. The molecule has 0 spiro atoms. The summed E-state index contributed by atoms with van der Waals surface area (Å²) in [5.41, 5.74) is 3.74. The zero-order chi connectivity index (χ0) is 23.6. The van der Waals surface area contributed by atoms with Gasteiger partial charge >= 0.3 is 5.97 Å². The maximum Gasteiger partial charge on any atom is 0.333 e. The second-order valence-electron chi connectivity index (χ2n) is 9.78. The van der Waals surface area contributed by atoms with E-state index in [1.54, 1.807) is 0 Å². The molecule has 6 heteroatoms. The van der Waals surface area contributed by atoms with Crippen LogP contribution in [0.1, 0.15) is 43.4 Å². The van der Waals surface area contributed by atoms with E-state index >= 15 is 0 Å². The van der Waals surface area contributed by atoms with Crippen LogP contribution in [0.15, 0.2) is 54.1 Å². The number of morpholine rings is 1. The third kappa shape index (κ3) is 5.67. The molecule has 33 heavy (non-hydrogen) atoms. The molecule has 2 aromatic carbocycles. The second kappa shape index (κ2) is 9.98. The Morgan fingerprint density at radius 1 is 1.15 bits per heavy atom. The van der Waals surface area contributed by atoms with Crippen molar-refractivity contribution in [1.29, 1.82) is 0 Å². The first-order valence-corrected chi connectivity index (χ1v) is 11.9. The van der Waals surface area contributed by atoms with Crippen molar-refractivity contribution < 1.29 is 19.4 Å². The lowest BCUT2D eigenvalue weighted by Crippen LogP contribution is -2.46. The minimum atomic E-state index is -0.994. The molecule has 2 aliphatic rings. The van der Waals surface area contributed by atoms with E-state index in [1.165, 1.54) is 0 Å². The highest BCUT2D eigenvalue weighted by molar-refractivity contribution is 6.30. The third-order valence-electron chi connectivity index (χ3n) is 6.25. The Morgan fingerprint density at radius 3 is 2.45 bits per heavy atom. The number of carboxylic acid groups (broad SMARTS) is 1. The molecular weight excluding hydrogens is 438 g/mol. The number of nitrogens with zero attached hydrogens (tertiary/aromatic N) is 1. The van der Waals surface area contributed by atoms with Crippen molar-refractivity contribution in [2.45, 2.75) is 38.4 Å². The van der Waals surface area contributed by atoms with Gasteiger partial charge in [-0.2, -0.15) is 0 Å². The second-order valence-corrected chi connectivity index (χ2v) is 10.2. The van der Waals surface area contributed by atoms with Crippen LogP contribution in [-0.4, -0.2) is 60.5 Å². The van der Waals surface area contributed by atoms with Gasteiger partial charge in [-0.1, -0.05) is 54.1 Å². The first kappa shape index (κ1) is 24.0. The summed E-state index contributed by atoms with van der Waals surface area (Å²) < 4.78 is 11.8. The summed E-state index contributed by atoms with van der Waals surface area (Å²) in [4.78, 5) is 15.0. The van der Waals surface area contributed by atoms with Crippen LogP contribution in [0.3, 0.4) is 0 Å². The number of halogens is 1. The van der Waals surface area contributed by atoms with Crippen molar-refractivity contribution in [3.8, 4) is 0 Å². The number of ether oxygens (including phenoxy) is 2. The summed E-state index contributed by atoms with van der Waals surface area (Å²) in [5.74, 6) is -1.47. The molecule has 2 aromatic rings. The number of hydrogen-bond donors (Lipinski definition) is 1. The van der Waals surface area contributed by atoms with Gasteiger partial charge in [0.2, 0.25) is 0 Å². The Morgan fingerprint density at radius 2 is 1.82 bits per heavy atom. The van der Waals surface area contributed by atoms with Gasteiger partial charge in [-0.3, -0.25) is 4.90 Å². The predicted molar refractivity (Wildman–Crippen MR) is 131 cm³/mol. The minimum absolute atomic E-state index is 0.164. The van der Waals surface area contributed by atoms with Crippen LogP contribution in [0.2, 0.25) is 5.02 Å². The maximum absolute atomic E-state index is 12.7. The molecule has 5 nitrogen and oxygen atoms in total. The molecule has 176 valence electrons. The van der Waals surface area contributed by atoms with E-state index in [0.29, 0.717) is 24.8 Å². The summed E-state index contributed by atoms with van der Waals surface area (Å²) >= 11 is 6.20. The fraction of sp³-hybridized carbons (Fsp3) is 0.444. The van der Waals surface area contributed by atoms with Crippen LogP contribution in [0.25, 0.3) is 6.08 Å². The van der Waals surface area contributed by atoms with E-state index in [-0.39, 0.29) is 11.8 Å². The molecule has 2 unspecified atom stereocenters. The molecule has 1 fully saturated rings. The van der Waals surface area contributed by atoms with Crippen molar-refractivity contribution >= 4 is 23.6 Å². The fourth-order valence-corrected chi connectivity index (χ4v) is 5.01.